The third-order valence-electron chi connectivity index (χ3n) is 4.18. The number of ketones is 1. The van der Waals surface area contributed by atoms with Crippen molar-refractivity contribution in [2.24, 2.45) is 0 Å². The second-order valence-electron chi connectivity index (χ2n) is 5.52. The van der Waals surface area contributed by atoms with Gasteiger partial charge in [0.2, 0.25) is 0 Å². The van der Waals surface area contributed by atoms with E-state index >= 15 is 0 Å². The number of carbonyl (C=O) groups excluding carboxylic acids is 1. The van der Waals surface area contributed by atoms with Crippen molar-refractivity contribution < 1.29 is 9.53 Å². The van der Waals surface area contributed by atoms with Gasteiger partial charge in [-0.05, 0) is 24.1 Å². The molecule has 1 aromatic carbocycles. The van der Waals surface area contributed by atoms with Gasteiger partial charge in [0.05, 0.1) is 7.11 Å². The zero-order chi connectivity index (χ0) is 13.4. The monoisotopic (exact) mass is 257 g/mol. The number of carbonyl (C=O) groups is 1. The molecule has 2 fully saturated rings. The second kappa shape index (κ2) is 4.82. The normalized spacial score (nSPS) is 27.4. The first-order valence-corrected chi connectivity index (χ1v) is 6.75. The minimum atomic E-state index is 0.205. The van der Waals surface area contributed by atoms with Crippen LogP contribution in [0.4, 0.5) is 0 Å². The number of piperidine rings is 1. The van der Waals surface area contributed by atoms with Crippen molar-refractivity contribution in [3.05, 3.63) is 42.0 Å². The minimum Gasteiger partial charge on any atom is -0.497 e. The standard InChI is InChI=1S/C16H19NO2/c1-11-7-13-8-14(18)9-16(17(13)10-11)12-3-5-15(19-2)6-4-12/h3-6,13,16H,1,7-10H2,2H3/t13-,16+/m0/s1. The van der Waals surface area contributed by atoms with Crippen molar-refractivity contribution in [1.29, 1.82) is 0 Å². The highest BCUT2D eigenvalue weighted by Gasteiger charge is 2.39. The molecular formula is C16H19NO2. The predicted octanol–water partition coefficient (Wildman–Crippen LogP) is 2.73. The number of Topliss-reactive ketones (excluding diaryl/α,β-unsaturated/α-hetero) is 1. The fourth-order valence-electron chi connectivity index (χ4n) is 3.27. The van der Waals surface area contributed by atoms with Gasteiger partial charge >= 0.3 is 0 Å². The molecule has 0 bridgehead atoms. The molecule has 0 unspecified atom stereocenters. The summed E-state index contributed by atoms with van der Waals surface area (Å²) in [7, 11) is 1.67. The van der Waals surface area contributed by atoms with Crippen LogP contribution in [0.2, 0.25) is 0 Å². The Labute approximate surface area is 113 Å². The van der Waals surface area contributed by atoms with Crippen LogP contribution in [0.15, 0.2) is 36.4 Å². The number of nitrogens with zero attached hydrogens (tertiary/aromatic N) is 1. The van der Waals surface area contributed by atoms with Gasteiger partial charge in [-0.1, -0.05) is 24.3 Å². The molecule has 3 nitrogen and oxygen atoms in total. The maximum Gasteiger partial charge on any atom is 0.136 e. The van der Waals surface area contributed by atoms with E-state index < -0.39 is 0 Å². The van der Waals surface area contributed by atoms with E-state index in [0.717, 1.165) is 18.7 Å². The first-order valence-electron chi connectivity index (χ1n) is 6.75. The highest BCUT2D eigenvalue weighted by atomic mass is 16.5. The number of rotatable bonds is 2. The van der Waals surface area contributed by atoms with Crippen LogP contribution < -0.4 is 4.74 Å². The lowest BCUT2D eigenvalue weighted by Crippen LogP contribution is -2.40. The molecule has 19 heavy (non-hydrogen) atoms. The Morgan fingerprint density at radius 3 is 2.63 bits per heavy atom. The molecule has 0 aliphatic carbocycles. The Morgan fingerprint density at radius 1 is 1.21 bits per heavy atom. The Hall–Kier alpha value is -1.61. The molecule has 2 atom stereocenters. The van der Waals surface area contributed by atoms with Gasteiger partial charge in [-0.3, -0.25) is 9.69 Å². The van der Waals surface area contributed by atoms with Crippen molar-refractivity contribution >= 4 is 5.78 Å². The van der Waals surface area contributed by atoms with Gasteiger partial charge in [0, 0.05) is 31.5 Å². The molecule has 100 valence electrons. The maximum absolute atomic E-state index is 11.9. The van der Waals surface area contributed by atoms with Crippen molar-refractivity contribution in [3.63, 3.8) is 0 Å². The Morgan fingerprint density at radius 2 is 1.95 bits per heavy atom. The molecule has 0 spiro atoms. The number of fused-ring (bicyclic) bond motifs is 1. The average Bonchev–Trinajstić information content (AvgIpc) is 2.78. The number of hydrogen-bond acceptors (Lipinski definition) is 3. The molecule has 2 aliphatic rings. The lowest BCUT2D eigenvalue weighted by Gasteiger charge is -2.36. The van der Waals surface area contributed by atoms with Crippen LogP contribution in [0, 0.1) is 0 Å². The Bertz CT molecular complexity index is 506. The summed E-state index contributed by atoms with van der Waals surface area (Å²) in [6, 6.07) is 8.64. The van der Waals surface area contributed by atoms with E-state index in [2.05, 4.69) is 23.6 Å². The van der Waals surface area contributed by atoms with E-state index in [0.29, 0.717) is 24.7 Å². The summed E-state index contributed by atoms with van der Waals surface area (Å²) in [5.41, 5.74) is 2.45. The van der Waals surface area contributed by atoms with Crippen molar-refractivity contribution in [1.82, 2.24) is 4.90 Å². The molecule has 2 heterocycles. The van der Waals surface area contributed by atoms with Crippen LogP contribution in [-0.2, 0) is 4.79 Å². The highest BCUT2D eigenvalue weighted by molar-refractivity contribution is 5.81. The first kappa shape index (κ1) is 12.4. The van der Waals surface area contributed by atoms with E-state index in [1.54, 1.807) is 7.11 Å². The van der Waals surface area contributed by atoms with Crippen LogP contribution in [-0.4, -0.2) is 30.4 Å². The summed E-state index contributed by atoms with van der Waals surface area (Å²) >= 11 is 0. The van der Waals surface area contributed by atoms with Crippen LogP contribution in [0.3, 0.4) is 0 Å². The average molecular weight is 257 g/mol. The molecule has 0 radical (unpaired) electrons. The highest BCUT2D eigenvalue weighted by Crippen LogP contribution is 2.39. The van der Waals surface area contributed by atoms with Crippen molar-refractivity contribution in [2.45, 2.75) is 31.3 Å². The van der Waals surface area contributed by atoms with E-state index in [4.69, 9.17) is 4.74 Å². The first-order chi connectivity index (χ1) is 9.17. The van der Waals surface area contributed by atoms with Crippen LogP contribution in [0.5, 0.6) is 5.75 Å². The van der Waals surface area contributed by atoms with Gasteiger partial charge in [0.25, 0.3) is 0 Å². The van der Waals surface area contributed by atoms with Crippen LogP contribution in [0.1, 0.15) is 30.9 Å². The maximum atomic E-state index is 11.9. The van der Waals surface area contributed by atoms with Gasteiger partial charge in [-0.15, -0.1) is 0 Å². The quantitative estimate of drug-likeness (QED) is 0.763. The topological polar surface area (TPSA) is 29.5 Å². The summed E-state index contributed by atoms with van der Waals surface area (Å²) in [6.45, 7) is 5.01. The number of hydrogen-bond donors (Lipinski definition) is 0. The fraction of sp³-hybridized carbons (Fsp3) is 0.438. The molecule has 2 aliphatic heterocycles. The third-order valence-corrected chi connectivity index (χ3v) is 4.18. The van der Waals surface area contributed by atoms with Crippen LogP contribution in [0.25, 0.3) is 0 Å². The molecule has 3 heteroatoms. The van der Waals surface area contributed by atoms with Gasteiger partial charge in [0.1, 0.15) is 11.5 Å². The lowest BCUT2D eigenvalue weighted by atomic mass is 9.91. The molecule has 1 aromatic rings. The van der Waals surface area contributed by atoms with Crippen molar-refractivity contribution in [2.75, 3.05) is 13.7 Å². The summed E-state index contributed by atoms with van der Waals surface area (Å²) in [5, 5.41) is 0. The summed E-state index contributed by atoms with van der Waals surface area (Å²) in [6.07, 6.45) is 2.28. The van der Waals surface area contributed by atoms with Gasteiger partial charge in [0.15, 0.2) is 0 Å². The SMILES string of the molecule is C=C1C[C@H]2CC(=O)C[C@H](c3ccc(OC)cc3)N2C1. The molecular weight excluding hydrogens is 238 g/mol. The molecule has 0 aromatic heterocycles. The van der Waals surface area contributed by atoms with E-state index in [-0.39, 0.29) is 6.04 Å². The molecule has 0 N–H and O–H groups in total. The lowest BCUT2D eigenvalue weighted by molar-refractivity contribution is -0.124. The molecule has 0 saturated carbocycles. The number of ether oxygens (including phenoxy) is 1. The Kier molecular flexibility index (Phi) is 3.15. The molecule has 0 amide bonds. The number of methoxy groups -OCH3 is 1. The van der Waals surface area contributed by atoms with Gasteiger partial charge in [-0.2, -0.15) is 0 Å². The second-order valence-corrected chi connectivity index (χ2v) is 5.52. The predicted molar refractivity (Wildman–Crippen MR) is 74.2 cm³/mol. The zero-order valence-corrected chi connectivity index (χ0v) is 11.3. The summed E-state index contributed by atoms with van der Waals surface area (Å²) in [4.78, 5) is 14.4. The van der Waals surface area contributed by atoms with E-state index in [9.17, 15) is 4.79 Å². The smallest absolute Gasteiger partial charge is 0.136 e. The minimum absolute atomic E-state index is 0.205. The van der Waals surface area contributed by atoms with Crippen LogP contribution >= 0.6 is 0 Å². The van der Waals surface area contributed by atoms with Gasteiger partial charge < -0.3 is 4.74 Å². The largest absolute Gasteiger partial charge is 0.497 e. The molecule has 2 saturated heterocycles. The Balaban J connectivity index is 1.88. The van der Waals surface area contributed by atoms with E-state index in [1.807, 2.05) is 12.1 Å². The number of benzene rings is 1. The third kappa shape index (κ3) is 2.30. The summed E-state index contributed by atoms with van der Waals surface area (Å²) in [5.74, 6) is 1.23. The van der Waals surface area contributed by atoms with Crippen molar-refractivity contribution in [3.8, 4) is 5.75 Å². The van der Waals surface area contributed by atoms with Gasteiger partial charge in [-0.25, -0.2) is 0 Å². The fourth-order valence-corrected chi connectivity index (χ4v) is 3.27. The van der Waals surface area contributed by atoms with E-state index in [1.165, 1.54) is 11.1 Å². The molecule has 3 rings (SSSR count). The summed E-state index contributed by atoms with van der Waals surface area (Å²) < 4.78 is 5.19. The zero-order valence-electron chi connectivity index (χ0n) is 11.3.